The first kappa shape index (κ1) is 29.2. The zero-order valence-electron chi connectivity index (χ0n) is 22.7. The third kappa shape index (κ3) is 7.83. The van der Waals surface area contributed by atoms with Crippen LogP contribution in [0.4, 0.5) is 21.7 Å². The molecule has 0 saturated carbocycles. The molecule has 0 saturated heterocycles. The summed E-state index contributed by atoms with van der Waals surface area (Å²) < 4.78 is 32.5. The van der Waals surface area contributed by atoms with E-state index < -0.39 is 29.3 Å². The minimum Gasteiger partial charge on any atom is -0.479 e. The maximum absolute atomic E-state index is 15.1. The van der Waals surface area contributed by atoms with Crippen molar-refractivity contribution >= 4 is 29.2 Å². The highest BCUT2D eigenvalue weighted by Crippen LogP contribution is 2.28. The average Bonchev–Trinajstić information content (AvgIpc) is 3.39. The number of methoxy groups -OCH3 is 2. The molecule has 3 aromatic rings. The van der Waals surface area contributed by atoms with Gasteiger partial charge in [0.2, 0.25) is 5.88 Å². The predicted molar refractivity (Wildman–Crippen MR) is 141 cm³/mol. The minimum atomic E-state index is -0.889. The zero-order chi connectivity index (χ0) is 28.7. The van der Waals surface area contributed by atoms with Gasteiger partial charge in [-0.25, -0.2) is 19.0 Å². The average molecular weight is 545 g/mol. The van der Waals surface area contributed by atoms with E-state index in [-0.39, 0.29) is 42.0 Å². The van der Waals surface area contributed by atoms with Crippen molar-refractivity contribution in [2.75, 3.05) is 31.5 Å². The standard InChI is InChI=1S/C25H33FN8O5/c1-14(9-20(35)39-25(2,3)4)18(13-37-5)31-23-17(26)11-16(21(27)36)22(32-23)30-15-10-19(24(38-6)28-12-15)34-8-7-29-33-34/h7-8,10-12,14,18H,9,13H2,1-6H3,(H2,27,36)(H2,30,31,32)/t14-,18-/m1/s1. The smallest absolute Gasteiger partial charge is 0.306 e. The predicted octanol–water partition coefficient (Wildman–Crippen LogP) is 2.84. The number of pyridine rings is 2. The van der Waals surface area contributed by atoms with Gasteiger partial charge in [0.05, 0.1) is 56.0 Å². The van der Waals surface area contributed by atoms with Crippen LogP contribution in [0.3, 0.4) is 0 Å². The molecule has 3 rings (SSSR count). The Kier molecular flexibility index (Phi) is 9.35. The second-order valence-electron chi connectivity index (χ2n) is 9.78. The van der Waals surface area contributed by atoms with E-state index in [9.17, 15) is 9.59 Å². The van der Waals surface area contributed by atoms with Crippen molar-refractivity contribution in [3.8, 4) is 11.6 Å². The normalized spacial score (nSPS) is 12.9. The van der Waals surface area contributed by atoms with Crippen LogP contribution in [0.2, 0.25) is 0 Å². The molecule has 0 aromatic carbocycles. The van der Waals surface area contributed by atoms with Gasteiger partial charge in [-0.1, -0.05) is 12.1 Å². The highest BCUT2D eigenvalue weighted by molar-refractivity contribution is 5.98. The number of amides is 1. The molecule has 2 atom stereocenters. The summed E-state index contributed by atoms with van der Waals surface area (Å²) in [4.78, 5) is 33.0. The Morgan fingerprint density at radius 1 is 1.21 bits per heavy atom. The number of carbonyl (C=O) groups excluding carboxylic acids is 2. The Balaban J connectivity index is 1.91. The van der Waals surface area contributed by atoms with Crippen molar-refractivity contribution in [1.82, 2.24) is 25.0 Å². The van der Waals surface area contributed by atoms with Gasteiger partial charge in [-0.15, -0.1) is 5.10 Å². The SMILES string of the molecule is COC[C@@H](Nc1nc(Nc2cnc(OC)c(-n3ccnn3)c2)c(C(N)=O)cc1F)[C@H](C)CC(=O)OC(C)(C)C. The number of anilines is 3. The summed E-state index contributed by atoms with van der Waals surface area (Å²) in [5.74, 6) is -2.32. The number of nitrogens with zero attached hydrogens (tertiary/aromatic N) is 5. The van der Waals surface area contributed by atoms with Crippen LogP contribution < -0.4 is 21.1 Å². The molecule has 210 valence electrons. The third-order valence-corrected chi connectivity index (χ3v) is 5.46. The molecule has 0 aliphatic rings. The number of aromatic nitrogens is 5. The molecule has 1 amide bonds. The molecule has 3 aromatic heterocycles. The van der Waals surface area contributed by atoms with Gasteiger partial charge in [-0.05, 0) is 38.8 Å². The van der Waals surface area contributed by atoms with E-state index in [2.05, 4.69) is 30.9 Å². The highest BCUT2D eigenvalue weighted by Gasteiger charge is 2.26. The fourth-order valence-corrected chi connectivity index (χ4v) is 3.67. The van der Waals surface area contributed by atoms with E-state index in [4.69, 9.17) is 19.9 Å². The Bertz CT molecular complexity index is 1300. The van der Waals surface area contributed by atoms with Crippen LogP contribution >= 0.6 is 0 Å². The lowest BCUT2D eigenvalue weighted by atomic mass is 9.98. The van der Waals surface area contributed by atoms with Crippen molar-refractivity contribution < 1.29 is 28.2 Å². The first-order valence-electron chi connectivity index (χ1n) is 12.1. The van der Waals surface area contributed by atoms with Crippen molar-refractivity contribution in [2.24, 2.45) is 11.7 Å². The summed E-state index contributed by atoms with van der Waals surface area (Å²) in [6.07, 6.45) is 4.60. The van der Waals surface area contributed by atoms with Crippen LogP contribution in [-0.4, -0.2) is 69.3 Å². The van der Waals surface area contributed by atoms with Gasteiger partial charge >= 0.3 is 5.97 Å². The quantitative estimate of drug-likeness (QED) is 0.287. The molecule has 39 heavy (non-hydrogen) atoms. The second-order valence-corrected chi connectivity index (χ2v) is 9.78. The monoisotopic (exact) mass is 544 g/mol. The first-order valence-corrected chi connectivity index (χ1v) is 12.1. The Labute approximate surface area is 225 Å². The highest BCUT2D eigenvalue weighted by atomic mass is 19.1. The van der Waals surface area contributed by atoms with E-state index in [0.29, 0.717) is 11.4 Å². The van der Waals surface area contributed by atoms with Crippen LogP contribution in [0.5, 0.6) is 5.88 Å². The number of carbonyl (C=O) groups is 2. The topological polar surface area (TPSA) is 168 Å². The molecule has 0 bridgehead atoms. The molecular formula is C25H33FN8O5. The van der Waals surface area contributed by atoms with Gasteiger partial charge in [-0.2, -0.15) is 0 Å². The number of primary amides is 1. The molecule has 0 aliphatic carbocycles. The number of esters is 1. The summed E-state index contributed by atoms with van der Waals surface area (Å²) >= 11 is 0. The molecule has 0 unspecified atom stereocenters. The van der Waals surface area contributed by atoms with Crippen LogP contribution in [-0.2, 0) is 14.3 Å². The van der Waals surface area contributed by atoms with Crippen LogP contribution in [0, 0.1) is 11.7 Å². The lowest BCUT2D eigenvalue weighted by Crippen LogP contribution is -2.35. The number of rotatable bonds is 12. The van der Waals surface area contributed by atoms with Crippen LogP contribution in [0.1, 0.15) is 44.5 Å². The summed E-state index contributed by atoms with van der Waals surface area (Å²) in [5, 5.41) is 13.7. The third-order valence-electron chi connectivity index (χ3n) is 5.46. The molecule has 0 fully saturated rings. The van der Waals surface area contributed by atoms with E-state index in [0.717, 1.165) is 6.07 Å². The number of nitrogens with one attached hydrogen (secondary N) is 2. The van der Waals surface area contributed by atoms with Gasteiger partial charge in [-0.3, -0.25) is 9.59 Å². The number of ether oxygens (including phenoxy) is 3. The van der Waals surface area contributed by atoms with Crippen molar-refractivity contribution in [3.05, 3.63) is 42.1 Å². The van der Waals surface area contributed by atoms with Crippen molar-refractivity contribution in [1.29, 1.82) is 0 Å². The number of hydrogen-bond donors (Lipinski definition) is 3. The number of halogens is 1. The van der Waals surface area contributed by atoms with E-state index in [1.807, 2.05) is 6.92 Å². The summed E-state index contributed by atoms with van der Waals surface area (Å²) in [5.41, 5.74) is 5.54. The molecular weight excluding hydrogens is 511 g/mol. The van der Waals surface area contributed by atoms with Gasteiger partial charge in [0.15, 0.2) is 11.6 Å². The molecule has 0 radical (unpaired) electrons. The minimum absolute atomic E-state index is 0.0149. The van der Waals surface area contributed by atoms with Gasteiger partial charge in [0.1, 0.15) is 17.1 Å². The van der Waals surface area contributed by atoms with E-state index in [1.165, 1.54) is 31.3 Å². The maximum atomic E-state index is 15.1. The fraction of sp³-hybridized carbons (Fsp3) is 0.440. The van der Waals surface area contributed by atoms with Gasteiger partial charge in [0.25, 0.3) is 5.91 Å². The summed E-state index contributed by atoms with van der Waals surface area (Å²) in [6.45, 7) is 7.30. The maximum Gasteiger partial charge on any atom is 0.306 e. The lowest BCUT2D eigenvalue weighted by Gasteiger charge is -2.27. The Hall–Kier alpha value is -4.33. The fourth-order valence-electron chi connectivity index (χ4n) is 3.67. The van der Waals surface area contributed by atoms with Crippen molar-refractivity contribution in [3.63, 3.8) is 0 Å². The molecule has 0 aliphatic heterocycles. The van der Waals surface area contributed by atoms with Crippen molar-refractivity contribution in [2.45, 2.75) is 45.8 Å². The number of nitrogens with two attached hydrogens (primary N) is 1. The van der Waals surface area contributed by atoms with Gasteiger partial charge in [0, 0.05) is 7.11 Å². The zero-order valence-corrected chi connectivity index (χ0v) is 22.7. The van der Waals surface area contributed by atoms with Gasteiger partial charge < -0.3 is 30.6 Å². The molecule has 3 heterocycles. The van der Waals surface area contributed by atoms with Crippen LogP contribution in [0.15, 0.2) is 30.7 Å². The lowest BCUT2D eigenvalue weighted by molar-refractivity contribution is -0.156. The Morgan fingerprint density at radius 2 is 1.95 bits per heavy atom. The van der Waals surface area contributed by atoms with Crippen LogP contribution in [0.25, 0.3) is 5.69 Å². The largest absolute Gasteiger partial charge is 0.479 e. The second kappa shape index (κ2) is 12.5. The molecule has 0 spiro atoms. The van der Waals surface area contributed by atoms with E-state index >= 15 is 4.39 Å². The number of hydrogen-bond acceptors (Lipinski definition) is 11. The first-order chi connectivity index (χ1) is 18.4. The summed E-state index contributed by atoms with van der Waals surface area (Å²) in [7, 11) is 2.95. The molecule has 13 nitrogen and oxygen atoms in total. The summed E-state index contributed by atoms with van der Waals surface area (Å²) in [6, 6.07) is 2.11. The molecule has 4 N–H and O–H groups in total. The Morgan fingerprint density at radius 3 is 2.54 bits per heavy atom. The molecule has 14 heteroatoms. The van der Waals surface area contributed by atoms with E-state index in [1.54, 1.807) is 33.0 Å².